The second kappa shape index (κ2) is 4.25. The Morgan fingerprint density at radius 2 is 2.00 bits per heavy atom. The van der Waals surface area contributed by atoms with Crippen molar-refractivity contribution in [2.75, 3.05) is 5.75 Å². The lowest BCUT2D eigenvalue weighted by Gasteiger charge is -2.04. The molecule has 0 N–H and O–H groups in total. The maximum Gasteiger partial charge on any atom is 0.179 e. The first-order valence-corrected chi connectivity index (χ1v) is 5.88. The third-order valence-corrected chi connectivity index (χ3v) is 3.78. The third kappa shape index (κ3) is 2.33. The highest BCUT2D eigenvalue weighted by Crippen LogP contribution is 2.16. The number of rotatable bonds is 3. The van der Waals surface area contributed by atoms with Crippen LogP contribution in [0, 0.1) is 18.3 Å². The van der Waals surface area contributed by atoms with Crippen molar-refractivity contribution in [3.8, 4) is 6.07 Å². The summed E-state index contributed by atoms with van der Waals surface area (Å²) in [6.45, 7) is 1.75. The molecule has 0 amide bonds. The van der Waals surface area contributed by atoms with Crippen LogP contribution in [-0.2, 0) is 9.84 Å². The zero-order chi connectivity index (χ0) is 10.6. The number of benzene rings is 1. The lowest BCUT2D eigenvalue weighted by Crippen LogP contribution is -2.07. The average molecular weight is 209 g/mol. The van der Waals surface area contributed by atoms with Crippen LogP contribution in [0.4, 0.5) is 0 Å². The van der Waals surface area contributed by atoms with Gasteiger partial charge in [-0.1, -0.05) is 18.2 Å². The molecule has 0 aromatic heterocycles. The van der Waals surface area contributed by atoms with Crippen molar-refractivity contribution in [3.05, 3.63) is 29.8 Å². The van der Waals surface area contributed by atoms with Gasteiger partial charge < -0.3 is 0 Å². The summed E-state index contributed by atoms with van der Waals surface area (Å²) in [4.78, 5) is 0.329. The maximum absolute atomic E-state index is 11.7. The van der Waals surface area contributed by atoms with Crippen molar-refractivity contribution in [2.24, 2.45) is 0 Å². The zero-order valence-corrected chi connectivity index (χ0v) is 8.71. The van der Waals surface area contributed by atoms with Gasteiger partial charge in [0.1, 0.15) is 0 Å². The van der Waals surface area contributed by atoms with Crippen molar-refractivity contribution < 1.29 is 8.42 Å². The Labute approximate surface area is 83.9 Å². The summed E-state index contributed by atoms with van der Waals surface area (Å²) >= 11 is 0. The van der Waals surface area contributed by atoms with Crippen LogP contribution in [0.1, 0.15) is 12.0 Å². The molecular weight excluding hydrogens is 198 g/mol. The van der Waals surface area contributed by atoms with E-state index in [1.807, 2.05) is 6.07 Å². The van der Waals surface area contributed by atoms with E-state index in [9.17, 15) is 8.42 Å². The molecule has 0 aliphatic rings. The molecule has 0 aliphatic heterocycles. The standard InChI is InChI=1S/C10H11NO2S/c1-9-5-2-3-6-10(9)14(12,13)8-4-7-11/h2-3,5-6H,4,8H2,1H3. The molecule has 3 nitrogen and oxygen atoms in total. The highest BCUT2D eigenvalue weighted by atomic mass is 32.2. The SMILES string of the molecule is Cc1ccccc1S(=O)(=O)CCC#N. The van der Waals surface area contributed by atoms with E-state index in [1.54, 1.807) is 31.2 Å². The Morgan fingerprint density at radius 1 is 1.36 bits per heavy atom. The molecular formula is C10H11NO2S. The van der Waals surface area contributed by atoms with Crippen molar-refractivity contribution in [2.45, 2.75) is 18.2 Å². The van der Waals surface area contributed by atoms with E-state index in [4.69, 9.17) is 5.26 Å². The molecule has 0 saturated heterocycles. The topological polar surface area (TPSA) is 57.9 Å². The van der Waals surface area contributed by atoms with Gasteiger partial charge in [-0.25, -0.2) is 8.42 Å². The lowest BCUT2D eigenvalue weighted by molar-refractivity contribution is 0.595. The van der Waals surface area contributed by atoms with Gasteiger partial charge in [0, 0.05) is 6.42 Å². The summed E-state index contributed by atoms with van der Waals surface area (Å²) in [5.74, 6) is -0.103. The predicted molar refractivity (Wildman–Crippen MR) is 53.5 cm³/mol. The fourth-order valence-electron chi connectivity index (χ4n) is 1.20. The molecule has 1 aromatic rings. The first-order chi connectivity index (χ1) is 6.58. The molecule has 0 radical (unpaired) electrons. The fourth-order valence-corrected chi connectivity index (χ4v) is 2.62. The van der Waals surface area contributed by atoms with Gasteiger partial charge in [-0.15, -0.1) is 0 Å². The van der Waals surface area contributed by atoms with Crippen LogP contribution in [0.3, 0.4) is 0 Å². The molecule has 0 fully saturated rings. The van der Waals surface area contributed by atoms with Crippen molar-refractivity contribution >= 4 is 9.84 Å². The van der Waals surface area contributed by atoms with Gasteiger partial charge in [-0.05, 0) is 18.6 Å². The monoisotopic (exact) mass is 209 g/mol. The molecule has 1 rings (SSSR count). The third-order valence-electron chi connectivity index (χ3n) is 1.91. The minimum absolute atomic E-state index is 0.0384. The van der Waals surface area contributed by atoms with E-state index in [1.165, 1.54) is 0 Å². The first-order valence-electron chi connectivity index (χ1n) is 4.23. The Hall–Kier alpha value is -1.34. The number of nitriles is 1. The Morgan fingerprint density at radius 3 is 2.57 bits per heavy atom. The number of aryl methyl sites for hydroxylation is 1. The summed E-state index contributed by atoms with van der Waals surface area (Å²) in [7, 11) is -3.28. The van der Waals surface area contributed by atoms with E-state index >= 15 is 0 Å². The summed E-state index contributed by atoms with van der Waals surface area (Å²) in [6.07, 6.45) is 0.0384. The van der Waals surface area contributed by atoms with E-state index < -0.39 is 9.84 Å². The smallest absolute Gasteiger partial charge is 0.179 e. The largest absolute Gasteiger partial charge is 0.224 e. The number of hydrogen-bond donors (Lipinski definition) is 0. The first kappa shape index (κ1) is 10.7. The van der Waals surface area contributed by atoms with Crippen molar-refractivity contribution in [3.63, 3.8) is 0 Å². The molecule has 0 heterocycles. The molecule has 14 heavy (non-hydrogen) atoms. The van der Waals surface area contributed by atoms with Crippen LogP contribution in [0.15, 0.2) is 29.2 Å². The van der Waals surface area contributed by atoms with E-state index in [0.29, 0.717) is 4.90 Å². The van der Waals surface area contributed by atoms with E-state index in [0.717, 1.165) is 5.56 Å². The quantitative estimate of drug-likeness (QED) is 0.761. The van der Waals surface area contributed by atoms with Crippen LogP contribution in [0.2, 0.25) is 0 Å². The van der Waals surface area contributed by atoms with E-state index in [-0.39, 0.29) is 12.2 Å². The van der Waals surface area contributed by atoms with Gasteiger partial charge in [0.25, 0.3) is 0 Å². The van der Waals surface area contributed by atoms with Crippen LogP contribution in [0.5, 0.6) is 0 Å². The average Bonchev–Trinajstić information content (AvgIpc) is 2.15. The normalized spacial score (nSPS) is 10.9. The van der Waals surface area contributed by atoms with Gasteiger partial charge in [0.2, 0.25) is 0 Å². The summed E-state index contributed by atoms with van der Waals surface area (Å²) in [5.41, 5.74) is 0.727. The molecule has 0 aliphatic carbocycles. The second-order valence-corrected chi connectivity index (χ2v) is 5.07. The van der Waals surface area contributed by atoms with Crippen molar-refractivity contribution in [1.29, 1.82) is 5.26 Å². The summed E-state index contributed by atoms with van der Waals surface area (Å²) in [5, 5.41) is 8.33. The molecule has 0 bridgehead atoms. The predicted octanol–water partition coefficient (Wildman–Crippen LogP) is 1.68. The number of nitrogens with zero attached hydrogens (tertiary/aromatic N) is 1. The maximum atomic E-state index is 11.7. The molecule has 74 valence electrons. The minimum Gasteiger partial charge on any atom is -0.224 e. The van der Waals surface area contributed by atoms with Gasteiger partial charge >= 0.3 is 0 Å². The number of hydrogen-bond acceptors (Lipinski definition) is 3. The van der Waals surface area contributed by atoms with Gasteiger partial charge in [0.05, 0.1) is 16.7 Å². The minimum atomic E-state index is -3.28. The van der Waals surface area contributed by atoms with Gasteiger partial charge in [-0.3, -0.25) is 0 Å². The van der Waals surface area contributed by atoms with E-state index in [2.05, 4.69) is 0 Å². The molecule has 0 unspecified atom stereocenters. The van der Waals surface area contributed by atoms with Gasteiger partial charge in [-0.2, -0.15) is 5.26 Å². The summed E-state index contributed by atoms with van der Waals surface area (Å²) in [6, 6.07) is 8.63. The number of sulfone groups is 1. The second-order valence-electron chi connectivity index (χ2n) is 2.99. The molecule has 1 aromatic carbocycles. The van der Waals surface area contributed by atoms with Crippen LogP contribution >= 0.6 is 0 Å². The highest BCUT2D eigenvalue weighted by Gasteiger charge is 2.15. The van der Waals surface area contributed by atoms with Crippen LogP contribution < -0.4 is 0 Å². The lowest BCUT2D eigenvalue weighted by atomic mass is 10.2. The van der Waals surface area contributed by atoms with Crippen LogP contribution in [-0.4, -0.2) is 14.2 Å². The van der Waals surface area contributed by atoms with Crippen molar-refractivity contribution in [1.82, 2.24) is 0 Å². The zero-order valence-electron chi connectivity index (χ0n) is 7.90. The highest BCUT2D eigenvalue weighted by molar-refractivity contribution is 7.91. The Bertz CT molecular complexity index is 457. The summed E-state index contributed by atoms with van der Waals surface area (Å²) < 4.78 is 23.3. The fraction of sp³-hybridized carbons (Fsp3) is 0.300. The Kier molecular flexibility index (Phi) is 3.26. The molecule has 0 saturated carbocycles. The molecule has 4 heteroatoms. The molecule has 0 atom stereocenters. The molecule has 0 spiro atoms. The van der Waals surface area contributed by atoms with Gasteiger partial charge in [0.15, 0.2) is 9.84 Å². The van der Waals surface area contributed by atoms with Crippen LogP contribution in [0.25, 0.3) is 0 Å². The Balaban J connectivity index is 3.06.